The molecule has 7 heteroatoms. The van der Waals surface area contributed by atoms with Crippen LogP contribution in [-0.2, 0) is 0 Å². The van der Waals surface area contributed by atoms with E-state index in [0.29, 0.717) is 11.7 Å². The van der Waals surface area contributed by atoms with Crippen LogP contribution in [0.15, 0.2) is 25.4 Å². The molecule has 0 fully saturated rings. The standard InChI is InChI=1S/C6H9N7/c1-13(2)5-3-4(11-12-10-3)8-6(7)9-5/h3H,1-2H3,(H2,7,8,10,11). The van der Waals surface area contributed by atoms with E-state index in [9.17, 15) is 0 Å². The molecule has 2 aliphatic rings. The molecule has 7 nitrogen and oxygen atoms in total. The average molecular weight is 179 g/mol. The van der Waals surface area contributed by atoms with Crippen molar-refractivity contribution in [2.24, 2.45) is 31.2 Å². The lowest BCUT2D eigenvalue weighted by molar-refractivity contribution is 0.602. The largest absolute Gasteiger partial charge is 0.368 e. The molecule has 0 aromatic carbocycles. The van der Waals surface area contributed by atoms with E-state index in [1.54, 1.807) is 0 Å². The lowest BCUT2D eigenvalue weighted by atomic mass is 10.2. The van der Waals surface area contributed by atoms with Crippen LogP contribution in [0.25, 0.3) is 0 Å². The molecule has 0 aliphatic carbocycles. The van der Waals surface area contributed by atoms with Crippen molar-refractivity contribution in [2.45, 2.75) is 6.04 Å². The van der Waals surface area contributed by atoms with Crippen LogP contribution >= 0.6 is 0 Å². The fourth-order valence-electron chi connectivity index (χ4n) is 1.15. The molecular weight excluding hydrogens is 170 g/mol. The van der Waals surface area contributed by atoms with Gasteiger partial charge in [0.1, 0.15) is 5.84 Å². The molecular formula is C6H9N7. The van der Waals surface area contributed by atoms with Gasteiger partial charge in [0.15, 0.2) is 11.9 Å². The van der Waals surface area contributed by atoms with Gasteiger partial charge in [-0.25, -0.2) is 0 Å². The van der Waals surface area contributed by atoms with Crippen LogP contribution in [0.1, 0.15) is 0 Å². The van der Waals surface area contributed by atoms with E-state index in [0.717, 1.165) is 0 Å². The highest BCUT2D eigenvalue weighted by molar-refractivity contribution is 6.19. The van der Waals surface area contributed by atoms with Crippen molar-refractivity contribution in [3.05, 3.63) is 0 Å². The van der Waals surface area contributed by atoms with Gasteiger partial charge in [-0.15, -0.1) is 10.2 Å². The first kappa shape index (κ1) is 7.84. The Kier molecular flexibility index (Phi) is 1.57. The second-order valence-electron chi connectivity index (χ2n) is 2.90. The Morgan fingerprint density at radius 2 is 2.08 bits per heavy atom. The highest BCUT2D eigenvalue weighted by Crippen LogP contribution is 2.13. The van der Waals surface area contributed by atoms with Gasteiger partial charge in [0, 0.05) is 14.1 Å². The van der Waals surface area contributed by atoms with Gasteiger partial charge in [-0.05, 0) is 5.22 Å². The van der Waals surface area contributed by atoms with Gasteiger partial charge in [0.05, 0.1) is 0 Å². The minimum atomic E-state index is -0.276. The maximum atomic E-state index is 5.49. The second-order valence-corrected chi connectivity index (χ2v) is 2.90. The van der Waals surface area contributed by atoms with Crippen molar-refractivity contribution in [1.29, 1.82) is 0 Å². The van der Waals surface area contributed by atoms with E-state index in [1.165, 1.54) is 0 Å². The summed E-state index contributed by atoms with van der Waals surface area (Å²) in [6.45, 7) is 0. The topological polar surface area (TPSA) is 91.1 Å². The van der Waals surface area contributed by atoms with Crippen molar-refractivity contribution in [2.75, 3.05) is 14.1 Å². The van der Waals surface area contributed by atoms with E-state index >= 15 is 0 Å². The minimum absolute atomic E-state index is 0.200. The Hall–Kier alpha value is -1.79. The number of likely N-dealkylation sites (N-methyl/N-ethyl adjacent to an activating group) is 1. The molecule has 13 heavy (non-hydrogen) atoms. The normalized spacial score (nSPS) is 24.8. The molecule has 0 amide bonds. The van der Waals surface area contributed by atoms with Crippen LogP contribution in [0.2, 0.25) is 0 Å². The van der Waals surface area contributed by atoms with Gasteiger partial charge in [-0.1, -0.05) is 0 Å². The third kappa shape index (κ3) is 1.17. The van der Waals surface area contributed by atoms with Gasteiger partial charge in [0.25, 0.3) is 0 Å². The molecule has 2 rings (SSSR count). The molecule has 0 saturated heterocycles. The SMILES string of the molecule is CN(C)C1=NC(N)=NC2=NN=NC21. The third-order valence-electron chi connectivity index (χ3n) is 1.72. The number of hydrogen-bond acceptors (Lipinski definition) is 7. The van der Waals surface area contributed by atoms with Crippen LogP contribution in [0.3, 0.4) is 0 Å². The first-order chi connectivity index (χ1) is 6.18. The Bertz CT molecular complexity index is 348. The van der Waals surface area contributed by atoms with Crippen molar-refractivity contribution >= 4 is 17.6 Å². The molecule has 2 aliphatic heterocycles. The molecule has 2 heterocycles. The van der Waals surface area contributed by atoms with E-state index < -0.39 is 0 Å². The molecule has 1 unspecified atom stereocenters. The zero-order chi connectivity index (χ0) is 9.42. The second kappa shape index (κ2) is 2.61. The summed E-state index contributed by atoms with van der Waals surface area (Å²) < 4.78 is 0. The van der Waals surface area contributed by atoms with Crippen molar-refractivity contribution in [3.8, 4) is 0 Å². The number of aliphatic imine (C=N–C) groups is 2. The Labute approximate surface area is 74.8 Å². The van der Waals surface area contributed by atoms with E-state index in [1.807, 2.05) is 19.0 Å². The van der Waals surface area contributed by atoms with Crippen LogP contribution in [0.5, 0.6) is 0 Å². The summed E-state index contributed by atoms with van der Waals surface area (Å²) in [4.78, 5) is 9.81. The predicted octanol–water partition coefficient (Wildman–Crippen LogP) is -0.577. The van der Waals surface area contributed by atoms with E-state index in [2.05, 4.69) is 25.4 Å². The Balaban J connectivity index is 2.41. The summed E-state index contributed by atoms with van der Waals surface area (Å²) in [5, 5.41) is 11.2. The zero-order valence-electron chi connectivity index (χ0n) is 7.34. The summed E-state index contributed by atoms with van der Waals surface area (Å²) in [6, 6.07) is -0.276. The first-order valence-corrected chi connectivity index (χ1v) is 3.76. The summed E-state index contributed by atoms with van der Waals surface area (Å²) in [7, 11) is 3.73. The van der Waals surface area contributed by atoms with Crippen LogP contribution < -0.4 is 5.73 Å². The highest BCUT2D eigenvalue weighted by atomic mass is 15.5. The molecule has 0 radical (unpaired) electrons. The number of hydrogen-bond donors (Lipinski definition) is 1. The van der Waals surface area contributed by atoms with Gasteiger partial charge in [-0.3, -0.25) is 0 Å². The number of nitrogens with two attached hydrogens (primary N) is 1. The molecule has 0 saturated carbocycles. The van der Waals surface area contributed by atoms with Gasteiger partial charge in [0.2, 0.25) is 5.96 Å². The number of nitrogens with zero attached hydrogens (tertiary/aromatic N) is 6. The fraction of sp³-hybridized carbons (Fsp3) is 0.500. The van der Waals surface area contributed by atoms with Crippen molar-refractivity contribution in [1.82, 2.24) is 4.90 Å². The Morgan fingerprint density at radius 3 is 2.77 bits per heavy atom. The minimum Gasteiger partial charge on any atom is -0.368 e. The summed E-state index contributed by atoms with van der Waals surface area (Å²) >= 11 is 0. The highest BCUT2D eigenvalue weighted by Gasteiger charge is 2.30. The third-order valence-corrected chi connectivity index (χ3v) is 1.72. The fourth-order valence-corrected chi connectivity index (χ4v) is 1.15. The lowest BCUT2D eigenvalue weighted by Gasteiger charge is -2.20. The van der Waals surface area contributed by atoms with E-state index in [-0.39, 0.29) is 12.0 Å². The van der Waals surface area contributed by atoms with Gasteiger partial charge >= 0.3 is 0 Å². The van der Waals surface area contributed by atoms with Crippen LogP contribution in [0, 0.1) is 0 Å². The molecule has 0 bridgehead atoms. The van der Waals surface area contributed by atoms with Crippen molar-refractivity contribution < 1.29 is 0 Å². The average Bonchev–Trinajstić information content (AvgIpc) is 2.49. The molecule has 2 N–H and O–H groups in total. The zero-order valence-corrected chi connectivity index (χ0v) is 7.34. The van der Waals surface area contributed by atoms with Gasteiger partial charge < -0.3 is 10.6 Å². The van der Waals surface area contributed by atoms with Crippen LogP contribution in [-0.4, -0.2) is 42.7 Å². The maximum absolute atomic E-state index is 5.49. The molecule has 0 spiro atoms. The monoisotopic (exact) mass is 179 g/mol. The van der Waals surface area contributed by atoms with Crippen molar-refractivity contribution in [3.63, 3.8) is 0 Å². The predicted molar refractivity (Wildman–Crippen MR) is 48.8 cm³/mol. The quantitative estimate of drug-likeness (QED) is 0.539. The molecule has 0 aromatic rings. The number of fused-ring (bicyclic) bond motifs is 1. The lowest BCUT2D eigenvalue weighted by Crippen LogP contribution is -2.41. The maximum Gasteiger partial charge on any atom is 0.223 e. The Morgan fingerprint density at radius 1 is 1.31 bits per heavy atom. The molecule has 0 aromatic heterocycles. The summed E-state index contributed by atoms with van der Waals surface area (Å²) in [6.07, 6.45) is 0. The molecule has 68 valence electrons. The van der Waals surface area contributed by atoms with Gasteiger partial charge in [-0.2, -0.15) is 9.98 Å². The number of amidine groups is 2. The van der Waals surface area contributed by atoms with E-state index in [4.69, 9.17) is 5.73 Å². The number of rotatable bonds is 0. The summed E-state index contributed by atoms with van der Waals surface area (Å²) in [5.74, 6) is 1.43. The number of guanidine groups is 1. The smallest absolute Gasteiger partial charge is 0.223 e. The first-order valence-electron chi connectivity index (χ1n) is 3.76. The van der Waals surface area contributed by atoms with Crippen LogP contribution in [0.4, 0.5) is 0 Å². The summed E-state index contributed by atoms with van der Waals surface area (Å²) in [5.41, 5.74) is 5.49. The molecule has 1 atom stereocenters.